The van der Waals surface area contributed by atoms with Gasteiger partial charge in [-0.25, -0.2) is 0 Å². The zero-order valence-electron chi connectivity index (χ0n) is 9.91. The highest BCUT2D eigenvalue weighted by molar-refractivity contribution is 6.08. The number of nitrogens with zero attached hydrogens (tertiary/aromatic N) is 3. The van der Waals surface area contributed by atoms with E-state index < -0.39 is 18.2 Å². The van der Waals surface area contributed by atoms with E-state index in [-0.39, 0.29) is 28.3 Å². The molecule has 8 heteroatoms. The lowest BCUT2D eigenvalue weighted by Gasteiger charge is -2.34. The van der Waals surface area contributed by atoms with Crippen molar-refractivity contribution in [2.45, 2.75) is 32.5 Å². The Labute approximate surface area is 102 Å². The number of nitrogens with two attached hydrogens (primary N) is 1. The summed E-state index contributed by atoms with van der Waals surface area (Å²) in [5.41, 5.74) is 4.69. The number of alkyl halides is 3. The Kier molecular flexibility index (Phi) is 2.58. The van der Waals surface area contributed by atoms with Gasteiger partial charge in [-0.1, -0.05) is 0 Å². The fraction of sp³-hybridized carbons (Fsp3) is 0.500. The molecule has 0 aromatic carbocycles. The molecule has 98 valence electrons. The van der Waals surface area contributed by atoms with E-state index in [1.165, 1.54) is 0 Å². The molecule has 1 unspecified atom stereocenters. The van der Waals surface area contributed by atoms with Crippen molar-refractivity contribution in [2.24, 2.45) is 15.8 Å². The zero-order valence-corrected chi connectivity index (χ0v) is 9.91. The minimum Gasteiger partial charge on any atom is -0.363 e. The Hall–Kier alpha value is -1.70. The summed E-state index contributed by atoms with van der Waals surface area (Å²) < 4.78 is 37.7. The number of fused-ring (bicyclic) bond motifs is 1. The van der Waals surface area contributed by atoms with Gasteiger partial charge in [0.15, 0.2) is 0 Å². The summed E-state index contributed by atoms with van der Waals surface area (Å²) in [5.74, 6) is -0.201. The molecule has 5 nitrogen and oxygen atoms in total. The van der Waals surface area contributed by atoms with Gasteiger partial charge in [-0.15, -0.1) is 4.59 Å². The molecule has 0 aromatic heterocycles. The molecule has 0 aromatic rings. The molecular formula is C10H13F3N5+. The van der Waals surface area contributed by atoms with Gasteiger partial charge in [-0.3, -0.25) is 5.41 Å². The Bertz CT molecular complexity index is 500. The predicted octanol–water partition coefficient (Wildman–Crippen LogP) is 1.72. The number of hydrogen-bond acceptors (Lipinski definition) is 4. The Balaban J connectivity index is 2.56. The van der Waals surface area contributed by atoms with Gasteiger partial charge in [-0.2, -0.15) is 18.2 Å². The van der Waals surface area contributed by atoms with Crippen molar-refractivity contribution < 1.29 is 17.8 Å². The minimum atomic E-state index is -4.46. The summed E-state index contributed by atoms with van der Waals surface area (Å²) in [5, 5.41) is 11.9. The van der Waals surface area contributed by atoms with E-state index in [4.69, 9.17) is 11.1 Å². The van der Waals surface area contributed by atoms with Gasteiger partial charge in [-0.05, 0) is 18.9 Å². The highest BCUT2D eigenvalue weighted by Gasteiger charge is 2.53. The number of amidine groups is 2. The first kappa shape index (κ1) is 12.7. The van der Waals surface area contributed by atoms with Crippen molar-refractivity contribution in [1.82, 2.24) is 0 Å². The number of aliphatic imine (C=N–C) groups is 1. The second-order valence-electron chi connectivity index (χ2n) is 4.50. The van der Waals surface area contributed by atoms with Gasteiger partial charge in [0.2, 0.25) is 5.84 Å². The maximum absolute atomic E-state index is 12.7. The van der Waals surface area contributed by atoms with Crippen LogP contribution in [0.1, 0.15) is 20.3 Å². The van der Waals surface area contributed by atoms with Gasteiger partial charge in [0.1, 0.15) is 6.04 Å². The number of hydrogen-bond donors (Lipinski definition) is 2. The van der Waals surface area contributed by atoms with Crippen LogP contribution in [0.25, 0.3) is 0 Å². The van der Waals surface area contributed by atoms with E-state index in [0.717, 1.165) is 6.08 Å². The molecule has 0 fully saturated rings. The largest absolute Gasteiger partial charge is 0.413 e. The molecule has 0 spiro atoms. The average Bonchev–Trinajstić information content (AvgIpc) is 2.54. The first-order valence-electron chi connectivity index (χ1n) is 5.37. The van der Waals surface area contributed by atoms with Crippen LogP contribution in [-0.2, 0) is 0 Å². The molecule has 2 aliphatic rings. The standard InChI is InChI=1S/C10H13F3N5/c1-5(2)18-7(14)3-6(10(11,12)13)4-8(18)16-9(15)17-18/h4-5,14H,3H2,1-2H3,(H2,15,17)/q+1. The van der Waals surface area contributed by atoms with Crippen molar-refractivity contribution in [3.05, 3.63) is 11.6 Å². The van der Waals surface area contributed by atoms with Crippen molar-refractivity contribution in [2.75, 3.05) is 0 Å². The van der Waals surface area contributed by atoms with Gasteiger partial charge in [0.05, 0.1) is 12.0 Å². The van der Waals surface area contributed by atoms with Gasteiger partial charge >= 0.3 is 6.18 Å². The van der Waals surface area contributed by atoms with Crippen LogP contribution >= 0.6 is 0 Å². The van der Waals surface area contributed by atoms with Crippen molar-refractivity contribution in [1.29, 1.82) is 5.41 Å². The van der Waals surface area contributed by atoms with Crippen molar-refractivity contribution in [3.63, 3.8) is 0 Å². The first-order valence-corrected chi connectivity index (χ1v) is 5.37. The highest BCUT2D eigenvalue weighted by Crippen LogP contribution is 2.37. The number of quaternary nitrogens is 1. The van der Waals surface area contributed by atoms with E-state index in [1.54, 1.807) is 13.8 Å². The van der Waals surface area contributed by atoms with Crippen LogP contribution in [-0.4, -0.2) is 34.4 Å². The predicted molar refractivity (Wildman–Crippen MR) is 60.9 cm³/mol. The van der Waals surface area contributed by atoms with Crippen LogP contribution in [0.4, 0.5) is 13.2 Å². The van der Waals surface area contributed by atoms with E-state index in [0.29, 0.717) is 0 Å². The van der Waals surface area contributed by atoms with Crippen LogP contribution in [0, 0.1) is 5.41 Å². The van der Waals surface area contributed by atoms with Crippen LogP contribution in [0.2, 0.25) is 0 Å². The second-order valence-corrected chi connectivity index (χ2v) is 4.50. The van der Waals surface area contributed by atoms with E-state index in [1.807, 2.05) is 0 Å². The molecule has 2 rings (SSSR count). The topological polar surface area (TPSA) is 74.6 Å². The van der Waals surface area contributed by atoms with Gasteiger partial charge < -0.3 is 5.73 Å². The summed E-state index contributed by atoms with van der Waals surface area (Å²) in [4.78, 5) is 3.82. The number of rotatable bonds is 1. The van der Waals surface area contributed by atoms with Gasteiger partial charge in [0.25, 0.3) is 11.8 Å². The van der Waals surface area contributed by atoms with Crippen LogP contribution in [0.15, 0.2) is 21.7 Å². The smallest absolute Gasteiger partial charge is 0.363 e. The molecule has 0 radical (unpaired) electrons. The summed E-state index contributed by atoms with van der Waals surface area (Å²) in [6.45, 7) is 3.52. The molecule has 2 aliphatic heterocycles. The van der Waals surface area contributed by atoms with Crippen LogP contribution in [0.3, 0.4) is 0 Å². The molecule has 2 heterocycles. The quantitative estimate of drug-likeness (QED) is 0.692. The normalized spacial score (nSPS) is 27.9. The Morgan fingerprint density at radius 1 is 1.44 bits per heavy atom. The monoisotopic (exact) mass is 260 g/mol. The van der Waals surface area contributed by atoms with Gasteiger partial charge in [0, 0.05) is 6.08 Å². The Morgan fingerprint density at radius 2 is 2.06 bits per heavy atom. The fourth-order valence-corrected chi connectivity index (χ4v) is 2.14. The maximum Gasteiger partial charge on any atom is 0.413 e. The maximum atomic E-state index is 12.7. The number of nitrogens with one attached hydrogen (secondary N) is 1. The van der Waals surface area contributed by atoms with Crippen molar-refractivity contribution >= 4 is 17.6 Å². The number of halogens is 3. The fourth-order valence-electron chi connectivity index (χ4n) is 2.14. The summed E-state index contributed by atoms with van der Waals surface area (Å²) in [6, 6.07) is -0.233. The Morgan fingerprint density at radius 3 is 2.56 bits per heavy atom. The summed E-state index contributed by atoms with van der Waals surface area (Å²) in [7, 11) is 0. The third-order valence-electron chi connectivity index (χ3n) is 3.02. The summed E-state index contributed by atoms with van der Waals surface area (Å²) in [6.07, 6.45) is -4.00. The average molecular weight is 260 g/mol. The lowest BCUT2D eigenvalue weighted by molar-refractivity contribution is -0.779. The number of guanidine groups is 1. The molecule has 0 saturated heterocycles. The SMILES string of the molecule is CC(C)[N+]12N=C(N)N=C1C=C(C(F)(F)F)CC2=N. The van der Waals surface area contributed by atoms with E-state index in [9.17, 15) is 13.2 Å². The first-order chi connectivity index (χ1) is 8.18. The molecule has 1 atom stereocenters. The molecule has 0 saturated carbocycles. The molecule has 18 heavy (non-hydrogen) atoms. The molecule has 0 amide bonds. The third kappa shape index (κ3) is 1.64. The third-order valence-corrected chi connectivity index (χ3v) is 3.02. The van der Waals surface area contributed by atoms with E-state index in [2.05, 4.69) is 10.1 Å². The summed E-state index contributed by atoms with van der Waals surface area (Å²) >= 11 is 0. The molecule has 0 bridgehead atoms. The van der Waals surface area contributed by atoms with E-state index >= 15 is 0 Å². The van der Waals surface area contributed by atoms with Crippen LogP contribution < -0.4 is 5.73 Å². The molecule has 0 aliphatic carbocycles. The lowest BCUT2D eigenvalue weighted by atomic mass is 10.0. The minimum absolute atomic E-state index is 0.0612. The second kappa shape index (κ2) is 3.64. The highest BCUT2D eigenvalue weighted by atomic mass is 19.4. The molecular weight excluding hydrogens is 247 g/mol. The molecule has 3 N–H and O–H groups in total. The zero-order chi connectivity index (χ0) is 13.7. The van der Waals surface area contributed by atoms with Crippen LogP contribution in [0.5, 0.6) is 0 Å². The van der Waals surface area contributed by atoms with Crippen molar-refractivity contribution in [3.8, 4) is 0 Å². The lowest BCUT2D eigenvalue weighted by Crippen LogP contribution is -2.57.